The van der Waals surface area contributed by atoms with Crippen molar-refractivity contribution < 1.29 is 29.3 Å². The molecule has 1 N–H and O–H groups in total. The van der Waals surface area contributed by atoms with Crippen molar-refractivity contribution in [1.82, 2.24) is 0 Å². The summed E-state index contributed by atoms with van der Waals surface area (Å²) in [6.45, 7) is -0.250. The van der Waals surface area contributed by atoms with Gasteiger partial charge in [0.05, 0.1) is 0 Å². The van der Waals surface area contributed by atoms with Gasteiger partial charge in [-0.1, -0.05) is 0 Å². The number of halogens is 1. The van der Waals surface area contributed by atoms with Gasteiger partial charge in [0.15, 0.2) is 0 Å². The third-order valence-corrected chi connectivity index (χ3v) is 0. The summed E-state index contributed by atoms with van der Waals surface area (Å²) in [4.78, 5) is 8.36. The molecule has 0 atom stereocenters. The zero-order chi connectivity index (χ0) is 4.71. The second-order valence-electron chi connectivity index (χ2n) is 0.105. The van der Waals surface area contributed by atoms with E-state index in [0.29, 0.717) is 0 Å². The van der Waals surface area contributed by atoms with Crippen molar-refractivity contribution in [2.24, 2.45) is 0 Å². The van der Waals surface area contributed by atoms with E-state index in [1.807, 2.05) is 0 Å². The van der Waals surface area contributed by atoms with Crippen molar-refractivity contribution in [1.29, 1.82) is 0 Å². The summed E-state index contributed by atoms with van der Waals surface area (Å²) in [6, 6.07) is 0. The molecular formula is CH2ClO2Ti. The molecule has 0 spiro atoms. The van der Waals surface area contributed by atoms with Gasteiger partial charge in [-0.15, -0.1) is 0 Å². The first-order chi connectivity index (χ1) is 2.41. The number of hydrogen-bond acceptors (Lipinski definition) is 1. The molecule has 0 saturated carbocycles. The van der Waals surface area contributed by atoms with E-state index >= 15 is 0 Å². The first kappa shape index (κ1) is 9.08. The first-order valence-corrected chi connectivity index (χ1v) is 2.83. The molecule has 0 unspecified atom stereocenters. The van der Waals surface area contributed by atoms with Crippen LogP contribution < -0.4 is 0 Å². The first-order valence-electron chi connectivity index (χ1n) is 0.683. The fraction of sp³-hybridized carbons (Fsp3) is 0. The Bertz CT molecular complexity index is 17.1. The Labute approximate surface area is 45.4 Å². The van der Waals surface area contributed by atoms with E-state index in [0.717, 1.165) is 0 Å². The minimum absolute atomic E-state index is 0.250. The Kier molecular flexibility index (Phi) is 45.1. The quantitative estimate of drug-likeness (QED) is 0.379. The summed E-state index contributed by atoms with van der Waals surface area (Å²) >= 11 is 1.47. The molecule has 0 radical (unpaired) electrons. The molecule has 0 heterocycles. The Morgan fingerprint density at radius 2 is 1.80 bits per heavy atom. The van der Waals surface area contributed by atoms with Gasteiger partial charge in [0.2, 0.25) is 0 Å². The van der Waals surface area contributed by atoms with Crippen LogP contribution in [0.2, 0.25) is 0 Å². The maximum atomic E-state index is 8.36. The van der Waals surface area contributed by atoms with Crippen LogP contribution in [0.25, 0.3) is 0 Å². The van der Waals surface area contributed by atoms with Gasteiger partial charge < -0.3 is 5.11 Å². The van der Waals surface area contributed by atoms with Gasteiger partial charge in [0.1, 0.15) is 0 Å². The Morgan fingerprint density at radius 3 is 1.80 bits per heavy atom. The predicted octanol–water partition coefficient (Wildman–Crippen LogP) is 0.388. The molecule has 0 aromatic heterocycles. The van der Waals surface area contributed by atoms with Gasteiger partial charge >= 0.3 is 28.7 Å². The number of hydrogen-bond donors (Lipinski definition) is 1. The SMILES string of the molecule is O=CO.[Cl][Ti]. The molecular weight excluding hydrogens is 127 g/mol. The average molecular weight is 129 g/mol. The van der Waals surface area contributed by atoms with Crippen LogP contribution in [0.5, 0.6) is 0 Å². The van der Waals surface area contributed by atoms with E-state index in [1.54, 1.807) is 0 Å². The third kappa shape index (κ3) is 122. The topological polar surface area (TPSA) is 37.3 Å². The number of carboxylic acid groups (broad SMARTS) is 1. The normalized spacial score (nSPS) is 3.20. The zero-order valence-corrected chi connectivity index (χ0v) is 4.63. The molecule has 0 amide bonds. The van der Waals surface area contributed by atoms with Gasteiger partial charge in [-0.3, -0.25) is 4.79 Å². The van der Waals surface area contributed by atoms with Crippen LogP contribution in [-0.2, 0) is 24.2 Å². The molecule has 0 aromatic rings. The molecule has 0 rings (SSSR count). The van der Waals surface area contributed by atoms with Gasteiger partial charge in [-0.25, -0.2) is 0 Å². The fourth-order valence-corrected chi connectivity index (χ4v) is 0. The molecule has 0 bridgehead atoms. The molecule has 0 aromatic carbocycles. The summed E-state index contributed by atoms with van der Waals surface area (Å²) < 4.78 is 0. The Morgan fingerprint density at radius 1 is 1.80 bits per heavy atom. The van der Waals surface area contributed by atoms with Crippen LogP contribution in [-0.4, -0.2) is 11.6 Å². The maximum absolute atomic E-state index is 8.36. The fourth-order valence-electron chi connectivity index (χ4n) is 0. The van der Waals surface area contributed by atoms with Crippen molar-refractivity contribution in [2.75, 3.05) is 0 Å². The Hall–Kier alpha value is 0.474. The average Bonchev–Trinajstić information content (AvgIpc) is 1.46. The summed E-state index contributed by atoms with van der Waals surface area (Å²) in [5.74, 6) is 0. The standard InChI is InChI=1S/CH2O2.ClH.Ti/c2-1-3;;/h1H,(H,2,3);1H;/q;;+1/p-1. The van der Waals surface area contributed by atoms with Crippen molar-refractivity contribution in [3.63, 3.8) is 0 Å². The molecule has 29 valence electrons. The molecule has 0 aliphatic heterocycles. The molecule has 2 nitrogen and oxygen atoms in total. The van der Waals surface area contributed by atoms with E-state index in [1.165, 1.54) is 19.4 Å². The van der Waals surface area contributed by atoms with Crippen LogP contribution in [0.3, 0.4) is 0 Å². The molecule has 0 aliphatic carbocycles. The zero-order valence-electron chi connectivity index (χ0n) is 2.31. The molecule has 0 saturated heterocycles. The van der Waals surface area contributed by atoms with Crippen LogP contribution in [0.15, 0.2) is 0 Å². The molecule has 0 aliphatic rings. The molecule has 0 fully saturated rings. The molecule has 5 heavy (non-hydrogen) atoms. The third-order valence-electron chi connectivity index (χ3n) is 0. The predicted molar refractivity (Wildman–Crippen MR) is 14.5 cm³/mol. The summed E-state index contributed by atoms with van der Waals surface area (Å²) in [5, 5.41) is 6.89. The van der Waals surface area contributed by atoms with Crippen molar-refractivity contribution in [2.45, 2.75) is 0 Å². The number of carbonyl (C=O) groups is 1. The van der Waals surface area contributed by atoms with E-state index in [9.17, 15) is 0 Å². The van der Waals surface area contributed by atoms with Crippen LogP contribution in [0.4, 0.5) is 0 Å². The second-order valence-corrected chi connectivity index (χ2v) is 0.105. The Balaban J connectivity index is 0. The summed E-state index contributed by atoms with van der Waals surface area (Å²) in [6.07, 6.45) is 0. The van der Waals surface area contributed by atoms with Crippen molar-refractivity contribution >= 4 is 15.8 Å². The monoisotopic (exact) mass is 129 g/mol. The van der Waals surface area contributed by atoms with Crippen LogP contribution in [0.1, 0.15) is 0 Å². The van der Waals surface area contributed by atoms with Gasteiger partial charge in [-0.05, 0) is 0 Å². The second kappa shape index (κ2) is 24.8. The van der Waals surface area contributed by atoms with Gasteiger partial charge in [-0.2, -0.15) is 0 Å². The van der Waals surface area contributed by atoms with E-state index in [4.69, 9.17) is 9.90 Å². The molecule has 4 heteroatoms. The van der Waals surface area contributed by atoms with Gasteiger partial charge in [0.25, 0.3) is 6.47 Å². The van der Waals surface area contributed by atoms with Crippen molar-refractivity contribution in [3.05, 3.63) is 0 Å². The van der Waals surface area contributed by atoms with E-state index in [2.05, 4.69) is 9.30 Å². The van der Waals surface area contributed by atoms with Gasteiger partial charge in [0, 0.05) is 0 Å². The summed E-state index contributed by atoms with van der Waals surface area (Å²) in [5.41, 5.74) is 0. The minimum atomic E-state index is -0.250. The van der Waals surface area contributed by atoms with Crippen LogP contribution in [0, 0.1) is 0 Å². The van der Waals surface area contributed by atoms with E-state index < -0.39 is 0 Å². The van der Waals surface area contributed by atoms with Crippen LogP contribution >= 0.6 is 9.30 Å². The number of rotatable bonds is 0. The van der Waals surface area contributed by atoms with E-state index in [-0.39, 0.29) is 6.47 Å². The summed E-state index contributed by atoms with van der Waals surface area (Å²) in [7, 11) is 4.64. The van der Waals surface area contributed by atoms with Crippen molar-refractivity contribution in [3.8, 4) is 0 Å².